The minimum atomic E-state index is 0. The van der Waals surface area contributed by atoms with E-state index < -0.39 is 0 Å². The fourth-order valence-electron chi connectivity index (χ4n) is 0. The first kappa shape index (κ1) is 8.82. The van der Waals surface area contributed by atoms with Crippen LogP contribution in [0, 0.1) is 10.2 Å². The maximum absolute atomic E-state index is 7.21. The van der Waals surface area contributed by atoms with Gasteiger partial charge in [0.25, 0.3) is 0 Å². The number of hydrogen-bond donors (Lipinski definition) is 0. The van der Waals surface area contributed by atoms with Crippen LogP contribution in [-0.2, 0) is 33.4 Å². The van der Waals surface area contributed by atoms with Crippen molar-refractivity contribution < 1.29 is 33.4 Å². The Labute approximate surface area is 43.9 Å². The number of nitrogens with zero attached hydrogens (tertiary/aromatic N) is 1. The van der Waals surface area contributed by atoms with Gasteiger partial charge in [-0.05, 0) is 0 Å². The molecule has 0 saturated heterocycles. The van der Waals surface area contributed by atoms with Crippen LogP contribution in [0.2, 0.25) is 0 Å². The first-order valence-electron chi connectivity index (χ1n) is 0.400. The van der Waals surface area contributed by atoms with Crippen molar-refractivity contribution >= 4 is 0 Å². The van der Waals surface area contributed by atoms with Crippen LogP contribution in [0.1, 0.15) is 0 Å². The summed E-state index contributed by atoms with van der Waals surface area (Å²) in [6.45, 7) is 0. The molecule has 0 bridgehead atoms. The van der Waals surface area contributed by atoms with Gasteiger partial charge in [-0.15, -0.1) is 0 Å². The van der Waals surface area contributed by atoms with Crippen molar-refractivity contribution in [3.63, 3.8) is 0 Å². The van der Waals surface area contributed by atoms with Crippen molar-refractivity contribution in [1.82, 2.24) is 0 Å². The third kappa shape index (κ3) is 20.6. The summed E-state index contributed by atoms with van der Waals surface area (Å²) >= 11 is 2.79. The molecule has 0 amide bonds. The summed E-state index contributed by atoms with van der Waals surface area (Å²) in [5.41, 5.74) is 0. The third-order valence-electron chi connectivity index (χ3n) is 0. The van der Waals surface area contributed by atoms with E-state index in [1.54, 1.807) is 0 Å². The number of hydrogen-bond acceptors (Lipinski definition) is 1. The van der Waals surface area contributed by atoms with Crippen LogP contribution in [0.4, 0.5) is 0 Å². The molecular formula is CCrFeN. The van der Waals surface area contributed by atoms with Gasteiger partial charge in [0.05, 0.1) is 0 Å². The van der Waals surface area contributed by atoms with E-state index in [-0.39, 0.29) is 17.4 Å². The zero-order valence-electron chi connectivity index (χ0n) is 1.71. The van der Waals surface area contributed by atoms with Gasteiger partial charge in [0.1, 0.15) is 0 Å². The largest absolute Gasteiger partial charge is 0 e. The zero-order valence-corrected chi connectivity index (χ0v) is 4.09. The van der Waals surface area contributed by atoms with E-state index in [1.807, 2.05) is 0 Å². The van der Waals surface area contributed by atoms with Crippen LogP contribution in [0.15, 0.2) is 0 Å². The monoisotopic (exact) mass is 134 g/mol. The normalized spacial score (nSPS) is 2.00. The van der Waals surface area contributed by atoms with Gasteiger partial charge >= 0.3 is 26.2 Å². The third-order valence-corrected chi connectivity index (χ3v) is 0. The van der Waals surface area contributed by atoms with Crippen LogP contribution in [0.25, 0.3) is 0 Å². The topological polar surface area (TPSA) is 23.8 Å². The second kappa shape index (κ2) is 9.63. The Morgan fingerprint density at radius 1 is 1.75 bits per heavy atom. The molecule has 0 atom stereocenters. The summed E-state index contributed by atoms with van der Waals surface area (Å²) in [4.78, 5) is 1.50. The zero-order chi connectivity index (χ0) is 2.71. The molecule has 23 valence electrons. The summed E-state index contributed by atoms with van der Waals surface area (Å²) < 4.78 is 0. The summed E-state index contributed by atoms with van der Waals surface area (Å²) in [5, 5.41) is 7.21. The van der Waals surface area contributed by atoms with E-state index in [1.165, 1.54) is 4.97 Å². The molecule has 0 fully saturated rings. The predicted molar refractivity (Wildman–Crippen MR) is 5.61 cm³/mol. The van der Waals surface area contributed by atoms with Gasteiger partial charge in [-0.1, -0.05) is 0 Å². The first-order valence-corrected chi connectivity index (χ1v) is 0.952. The van der Waals surface area contributed by atoms with Crippen molar-refractivity contribution in [2.24, 2.45) is 0 Å². The molecule has 0 aromatic carbocycles. The maximum Gasteiger partial charge on any atom is 0 e. The molecule has 3 heteroatoms. The van der Waals surface area contributed by atoms with Crippen molar-refractivity contribution in [2.75, 3.05) is 0 Å². The van der Waals surface area contributed by atoms with E-state index in [9.17, 15) is 0 Å². The Balaban J connectivity index is 0. The molecule has 0 aromatic rings. The Morgan fingerprint density at radius 2 is 1.75 bits per heavy atom. The molecule has 0 aliphatic rings. The smallest absolute Gasteiger partial charge is 0 e. The average molecular weight is 134 g/mol. The van der Waals surface area contributed by atoms with Gasteiger partial charge in [0.2, 0.25) is 0 Å². The molecule has 0 saturated carbocycles. The molecule has 0 unspecified atom stereocenters. The molecule has 1 nitrogen and oxygen atoms in total. The van der Waals surface area contributed by atoms with Crippen LogP contribution in [0.3, 0.4) is 0 Å². The SMILES string of the molecule is N#[C][Fe].[Cr]. The van der Waals surface area contributed by atoms with E-state index in [0.29, 0.717) is 0 Å². The molecule has 0 radical (unpaired) electrons. The van der Waals surface area contributed by atoms with Crippen LogP contribution in [0.5, 0.6) is 0 Å². The van der Waals surface area contributed by atoms with E-state index in [2.05, 4.69) is 16.0 Å². The molecule has 0 aromatic heterocycles. The van der Waals surface area contributed by atoms with Gasteiger partial charge in [0.15, 0.2) is 0 Å². The van der Waals surface area contributed by atoms with E-state index >= 15 is 0 Å². The van der Waals surface area contributed by atoms with Crippen molar-refractivity contribution in [3.8, 4) is 4.97 Å². The molecule has 0 aliphatic carbocycles. The fraction of sp³-hybridized carbons (Fsp3) is 0. The summed E-state index contributed by atoms with van der Waals surface area (Å²) in [5.74, 6) is 0. The Bertz CT molecular complexity index is 29.5. The molecule has 0 heterocycles. The van der Waals surface area contributed by atoms with Crippen molar-refractivity contribution in [3.05, 3.63) is 0 Å². The Hall–Kier alpha value is 0.542. The van der Waals surface area contributed by atoms with Gasteiger partial charge < -0.3 is 0 Å². The molecule has 4 heavy (non-hydrogen) atoms. The molecule has 0 N–H and O–H groups in total. The summed E-state index contributed by atoms with van der Waals surface area (Å²) in [6.07, 6.45) is 0. The second-order valence-corrected chi connectivity index (χ2v) is 0.326. The van der Waals surface area contributed by atoms with Crippen molar-refractivity contribution in [1.29, 1.82) is 5.26 Å². The second-order valence-electron chi connectivity index (χ2n) is 0.0791. The predicted octanol–water partition coefficient (Wildman–Crippen LogP) is 0.0118. The number of rotatable bonds is 0. The first-order chi connectivity index (χ1) is 1.41. The van der Waals surface area contributed by atoms with E-state index in [4.69, 9.17) is 5.26 Å². The standard InChI is InChI=1S/CN.Cr.Fe/c1-2;;. The van der Waals surface area contributed by atoms with Gasteiger partial charge in [-0.25, -0.2) is 0 Å². The number of nitriles is 1. The minimum absolute atomic E-state index is 0. The maximum atomic E-state index is 7.21. The molecule has 0 spiro atoms. The van der Waals surface area contributed by atoms with Gasteiger partial charge in [0, 0.05) is 17.4 Å². The van der Waals surface area contributed by atoms with Gasteiger partial charge in [-0.2, -0.15) is 0 Å². The minimum Gasteiger partial charge on any atom is 0 e. The van der Waals surface area contributed by atoms with Crippen LogP contribution < -0.4 is 0 Å². The Kier molecular flexibility index (Phi) is 21.2. The molecule has 0 rings (SSSR count). The van der Waals surface area contributed by atoms with Crippen LogP contribution >= 0.6 is 0 Å². The quantitative estimate of drug-likeness (QED) is 0.428. The van der Waals surface area contributed by atoms with Gasteiger partial charge in [-0.3, -0.25) is 0 Å². The summed E-state index contributed by atoms with van der Waals surface area (Å²) in [6, 6.07) is 0. The average Bonchev–Trinajstić information content (AvgIpc) is 0.918. The summed E-state index contributed by atoms with van der Waals surface area (Å²) in [7, 11) is 0. The molecule has 0 aliphatic heterocycles. The van der Waals surface area contributed by atoms with E-state index in [0.717, 1.165) is 0 Å². The van der Waals surface area contributed by atoms with Crippen LogP contribution in [-0.4, -0.2) is 0 Å². The van der Waals surface area contributed by atoms with Crippen molar-refractivity contribution in [2.45, 2.75) is 0 Å². The molecular weight excluding hydrogens is 134 g/mol. The fourth-order valence-corrected chi connectivity index (χ4v) is 0. The Morgan fingerprint density at radius 3 is 1.75 bits per heavy atom.